The number of hydrogen-bond acceptors (Lipinski definition) is 4. The highest BCUT2D eigenvalue weighted by atomic mass is 79.9. The van der Waals surface area contributed by atoms with Gasteiger partial charge < -0.3 is 9.78 Å². The Bertz CT molecular complexity index is 7170. The third-order valence-electron chi connectivity index (χ3n) is 22.0. The maximum Gasteiger partial charge on any atom is 0.145 e. The number of rotatable bonds is 11. The van der Waals surface area contributed by atoms with Gasteiger partial charge in [-0.3, -0.25) is 14.1 Å². The van der Waals surface area contributed by atoms with Crippen LogP contribution in [0.2, 0.25) is 0 Å². The molecule has 0 spiro atoms. The summed E-state index contributed by atoms with van der Waals surface area (Å²) in [5.74, 6) is 2.13. The predicted molar refractivity (Wildman–Crippen MR) is 485 cm³/mol. The Hall–Kier alpha value is -13.9. The van der Waals surface area contributed by atoms with Crippen LogP contribution in [0.1, 0.15) is 48.2 Å². The molecule has 0 unspecified atom stereocenters. The van der Waals surface area contributed by atoms with Crippen LogP contribution in [0.5, 0.6) is 0 Å². The van der Waals surface area contributed by atoms with Crippen LogP contribution in [0.4, 0.5) is 0 Å². The van der Waals surface area contributed by atoms with Crippen molar-refractivity contribution in [3.05, 3.63) is 409 Å². The maximum absolute atomic E-state index is 9.81. The van der Waals surface area contributed by atoms with Crippen molar-refractivity contribution in [1.82, 2.24) is 24.1 Å². The van der Waals surface area contributed by atoms with E-state index in [9.17, 15) is 4.79 Å². The molecule has 0 bridgehead atoms. The lowest BCUT2D eigenvalue weighted by Gasteiger charge is -2.16. The number of carbonyl (C=O) groups is 1. The molecule has 0 aliphatic rings. The standard InChI is InChI=1S/C51H35N3.C41H29N3.C10H7Br.C4H8O/c1-4-16-36(17-5-1)50(37-18-6-2-7-19-37)52-34-39-32-46-44-25-13-12-24-43(44)45(33-47(46)42-23-11-10-22-41(39)42)35-28-30-38(31-29-35)51-53-48-26-14-15-27-49(48)54(51)40-20-8-3-9-21-40;1-25-26(2)42-40-33-17-9-7-15-31(33)35-24-34(30-14-6-8-16-32(30)39(35)38(25)40)27-20-22-28(23-21-27)41-43-36-18-10-11-19-37(36)44(41)29-12-4-3-5-13-29;11-10-6-5-8-3-1-2-4-9(8)7-10;1-3-4(2)5/h1-33H,34H2;3-24,42H,1-2H3;1-7H;3H2,1-2H3. The molecular formula is C106H79BrN6O. The topological polar surface area (TPSA) is 80.9 Å². The summed E-state index contributed by atoms with van der Waals surface area (Å²) >= 11 is 3.43. The second-order valence-electron chi connectivity index (χ2n) is 29.0. The summed E-state index contributed by atoms with van der Waals surface area (Å²) in [6, 6.07) is 134. The van der Waals surface area contributed by atoms with Crippen molar-refractivity contribution in [2.75, 3.05) is 0 Å². The van der Waals surface area contributed by atoms with E-state index < -0.39 is 0 Å². The number of ketones is 1. The van der Waals surface area contributed by atoms with Gasteiger partial charge in [-0.1, -0.05) is 320 Å². The van der Waals surface area contributed by atoms with E-state index >= 15 is 0 Å². The van der Waals surface area contributed by atoms with Crippen LogP contribution < -0.4 is 0 Å². The van der Waals surface area contributed by atoms with Crippen LogP contribution in [-0.2, 0) is 11.3 Å². The lowest BCUT2D eigenvalue weighted by Crippen LogP contribution is -2.04. The number of halogens is 1. The van der Waals surface area contributed by atoms with Gasteiger partial charge in [0.15, 0.2) is 0 Å². The van der Waals surface area contributed by atoms with E-state index in [1.165, 1.54) is 125 Å². The monoisotopic (exact) mass is 1530 g/mol. The lowest BCUT2D eigenvalue weighted by molar-refractivity contribution is -0.116. The Morgan fingerprint density at radius 2 is 0.763 bits per heavy atom. The number of Topliss-reactive ketones (excluding diaryl/α,β-unsaturated/α-hetero) is 1. The van der Waals surface area contributed by atoms with Crippen LogP contribution in [-0.4, -0.2) is 35.6 Å². The van der Waals surface area contributed by atoms with Gasteiger partial charge >= 0.3 is 0 Å². The molecule has 0 amide bonds. The molecule has 0 aliphatic heterocycles. The minimum atomic E-state index is 0.255. The molecule has 114 heavy (non-hydrogen) atoms. The number of hydrogen-bond donors (Lipinski definition) is 1. The molecule has 0 atom stereocenters. The lowest BCUT2D eigenvalue weighted by atomic mass is 9.88. The first-order chi connectivity index (χ1) is 56.1. The van der Waals surface area contributed by atoms with E-state index in [0.29, 0.717) is 13.0 Å². The first kappa shape index (κ1) is 71.7. The van der Waals surface area contributed by atoms with Crippen molar-refractivity contribution in [2.45, 2.75) is 40.7 Å². The molecule has 0 fully saturated rings. The zero-order valence-electron chi connectivity index (χ0n) is 63.7. The van der Waals surface area contributed by atoms with Crippen molar-refractivity contribution < 1.29 is 4.79 Å². The number of benzene rings is 18. The molecule has 3 aromatic heterocycles. The Balaban J connectivity index is 0.000000134. The van der Waals surface area contributed by atoms with Crippen molar-refractivity contribution in [1.29, 1.82) is 0 Å². The minimum absolute atomic E-state index is 0.255. The molecule has 0 radical (unpaired) electrons. The largest absolute Gasteiger partial charge is 0.358 e. The molecule has 21 aromatic rings. The summed E-state index contributed by atoms with van der Waals surface area (Å²) in [7, 11) is 0. The van der Waals surface area contributed by atoms with Crippen molar-refractivity contribution >= 4 is 136 Å². The highest BCUT2D eigenvalue weighted by Crippen LogP contribution is 2.46. The summed E-state index contributed by atoms with van der Waals surface area (Å²) in [5, 5.41) is 19.0. The number of fused-ring (bicyclic) bond motifs is 16. The van der Waals surface area contributed by atoms with Gasteiger partial charge in [0.05, 0.1) is 39.8 Å². The molecule has 0 aliphatic carbocycles. The number of aryl methyl sites for hydroxylation is 2. The first-order valence-electron chi connectivity index (χ1n) is 38.9. The summed E-state index contributed by atoms with van der Waals surface area (Å²) in [4.78, 5) is 29.0. The molecule has 7 nitrogen and oxygen atoms in total. The maximum atomic E-state index is 9.81. The second-order valence-corrected chi connectivity index (χ2v) is 29.9. The van der Waals surface area contributed by atoms with Gasteiger partial charge in [-0.2, -0.15) is 0 Å². The Labute approximate surface area is 670 Å². The van der Waals surface area contributed by atoms with Gasteiger partial charge in [0.2, 0.25) is 0 Å². The smallest absolute Gasteiger partial charge is 0.145 e. The number of H-pyrrole nitrogens is 1. The van der Waals surface area contributed by atoms with Gasteiger partial charge in [0, 0.05) is 61.0 Å². The van der Waals surface area contributed by atoms with Gasteiger partial charge in [-0.05, 0) is 203 Å². The van der Waals surface area contributed by atoms with Crippen molar-refractivity contribution in [3.8, 4) is 56.4 Å². The van der Waals surface area contributed by atoms with E-state index in [-0.39, 0.29) is 5.78 Å². The number of aromatic amines is 1. The second kappa shape index (κ2) is 31.5. The van der Waals surface area contributed by atoms with Crippen molar-refractivity contribution in [2.24, 2.45) is 4.99 Å². The molecule has 0 saturated heterocycles. The summed E-state index contributed by atoms with van der Waals surface area (Å²) in [5.41, 5.74) is 21.6. The van der Waals surface area contributed by atoms with Gasteiger partial charge in [-0.15, -0.1) is 0 Å². The quantitative estimate of drug-likeness (QED) is 0.103. The fourth-order valence-corrected chi connectivity index (χ4v) is 16.6. The molecule has 3 heterocycles. The molecule has 8 heteroatoms. The van der Waals surface area contributed by atoms with Crippen LogP contribution in [0.15, 0.2) is 386 Å². The average Bonchev–Trinajstić information content (AvgIpc) is 1.40. The third-order valence-corrected chi connectivity index (χ3v) is 22.5. The fourth-order valence-electron chi connectivity index (χ4n) is 16.2. The first-order valence-corrected chi connectivity index (χ1v) is 39.7. The van der Waals surface area contributed by atoms with E-state index in [4.69, 9.17) is 15.0 Å². The van der Waals surface area contributed by atoms with E-state index in [1.807, 2.05) is 6.92 Å². The fraction of sp³-hybridized carbons (Fsp3) is 0.0566. The number of nitrogens with zero attached hydrogens (tertiary/aromatic N) is 5. The highest BCUT2D eigenvalue weighted by Gasteiger charge is 2.22. The number of para-hydroxylation sites is 6. The average molecular weight is 1530 g/mol. The highest BCUT2D eigenvalue weighted by molar-refractivity contribution is 9.10. The van der Waals surface area contributed by atoms with Crippen LogP contribution in [0.25, 0.3) is 165 Å². The van der Waals surface area contributed by atoms with Gasteiger partial charge in [0.25, 0.3) is 0 Å². The zero-order chi connectivity index (χ0) is 77.2. The number of aliphatic imine (C=N–C) groups is 1. The molecule has 1 N–H and O–H groups in total. The van der Waals surface area contributed by atoms with E-state index in [1.54, 1.807) is 6.92 Å². The predicted octanol–water partition coefficient (Wildman–Crippen LogP) is 28.4. The molecule has 18 aromatic carbocycles. The summed E-state index contributed by atoms with van der Waals surface area (Å²) in [6.07, 6.45) is 0.667. The van der Waals surface area contributed by atoms with Gasteiger partial charge in [-0.25, -0.2) is 9.97 Å². The number of nitrogens with one attached hydrogen (secondary N) is 1. The van der Waals surface area contributed by atoms with Crippen LogP contribution in [0, 0.1) is 13.8 Å². The number of aromatic nitrogens is 5. The summed E-state index contributed by atoms with van der Waals surface area (Å²) in [6.45, 7) is 8.43. The Morgan fingerprint density at radius 1 is 0.368 bits per heavy atom. The van der Waals surface area contributed by atoms with E-state index in [2.05, 4.69) is 420 Å². The normalized spacial score (nSPS) is 11.3. The SMILES string of the molecule is Brc1ccc2ccccc2c1.CCC(C)=O.Cc1[nH]c2c3ccccc3c3cc(-c4ccc(-c5nc6ccccc6n5-c5ccccc5)cc4)c4ccccc4c3c2c1C.c1ccc(C(=NCc2cc3c4ccccc4c(-c4ccc(-c5nc6ccccc6n5-c5ccccc5)cc4)cc3c3ccccc23)c2ccccc2)cc1. The molecule has 0 saturated carbocycles. The number of carbonyl (C=O) groups excluding carboxylic acids is 1. The van der Waals surface area contributed by atoms with E-state index in [0.717, 1.165) is 77.5 Å². The van der Waals surface area contributed by atoms with Crippen LogP contribution in [0.3, 0.4) is 0 Å². The third kappa shape index (κ3) is 13.8. The van der Waals surface area contributed by atoms with Gasteiger partial charge in [0.1, 0.15) is 17.4 Å². The molecule has 21 rings (SSSR count). The Kier molecular flexibility index (Phi) is 19.8. The molecule has 546 valence electrons. The zero-order valence-corrected chi connectivity index (χ0v) is 65.3. The number of imidazole rings is 2. The minimum Gasteiger partial charge on any atom is -0.358 e. The Morgan fingerprint density at radius 3 is 1.29 bits per heavy atom. The molecular weight excluding hydrogens is 1450 g/mol. The van der Waals surface area contributed by atoms with Crippen LogP contribution >= 0.6 is 15.9 Å². The summed E-state index contributed by atoms with van der Waals surface area (Å²) < 4.78 is 5.65. The van der Waals surface area contributed by atoms with Crippen molar-refractivity contribution in [3.63, 3.8) is 0 Å².